The van der Waals surface area contributed by atoms with Crippen LogP contribution in [0.4, 0.5) is 0 Å². The molecule has 0 bridgehead atoms. The number of hydrogen-bond acceptors (Lipinski definition) is 8. The predicted octanol–water partition coefficient (Wildman–Crippen LogP) is -3.93. The monoisotopic (exact) mass is 292 g/mol. The highest BCUT2D eigenvalue weighted by Crippen LogP contribution is 2.42. The zero-order valence-corrected chi connectivity index (χ0v) is 11.0. The van der Waals surface area contributed by atoms with Gasteiger partial charge in [0.2, 0.25) is 5.91 Å². The van der Waals surface area contributed by atoms with Gasteiger partial charge in [0.15, 0.2) is 6.29 Å². The Bertz CT molecular complexity index is 367. The second-order valence-electron chi connectivity index (χ2n) is 4.82. The van der Waals surface area contributed by atoms with Crippen LogP contribution in [0.3, 0.4) is 0 Å². The first-order valence-electron chi connectivity index (χ1n) is 6.07. The molecule has 1 aliphatic rings. The van der Waals surface area contributed by atoms with E-state index in [-0.39, 0.29) is 6.61 Å². The molecule has 0 radical (unpaired) electrons. The van der Waals surface area contributed by atoms with Crippen LogP contribution >= 0.6 is 0 Å². The average molecular weight is 292 g/mol. The highest BCUT2D eigenvalue weighted by Gasteiger charge is 2.66. The Morgan fingerprint density at radius 3 is 2.60 bits per heavy atom. The maximum atomic E-state index is 11.2. The minimum absolute atomic E-state index is 0.340. The van der Waals surface area contributed by atoms with Crippen molar-refractivity contribution >= 4 is 12.2 Å². The summed E-state index contributed by atoms with van der Waals surface area (Å²) in [5.74, 6) is -1.60. The van der Waals surface area contributed by atoms with Gasteiger partial charge in [-0.3, -0.25) is 4.79 Å². The molecular weight excluding hydrogens is 272 g/mol. The molecule has 9 nitrogen and oxygen atoms in total. The molecular formula is C11H20N2O7. The molecule has 1 aliphatic carbocycles. The van der Waals surface area contributed by atoms with E-state index in [2.05, 4.69) is 5.32 Å². The Morgan fingerprint density at radius 1 is 1.55 bits per heavy atom. The number of ether oxygens (including phenoxy) is 1. The van der Waals surface area contributed by atoms with Crippen LogP contribution in [-0.2, 0) is 14.3 Å². The molecule has 20 heavy (non-hydrogen) atoms. The number of carbonyl (C=O) groups excluding carboxylic acids is 2. The van der Waals surface area contributed by atoms with Crippen LogP contribution in [0, 0.1) is 5.92 Å². The third-order valence-corrected chi connectivity index (χ3v) is 3.46. The second-order valence-corrected chi connectivity index (χ2v) is 4.82. The number of hydrogen-bond donors (Lipinski definition) is 6. The zero-order valence-electron chi connectivity index (χ0n) is 11.0. The minimum Gasteiger partial charge on any atom is -0.396 e. The summed E-state index contributed by atoms with van der Waals surface area (Å²) in [4.78, 5) is 21.6. The number of carbonyl (C=O) groups is 2. The average Bonchev–Trinajstić information content (AvgIpc) is 2.42. The van der Waals surface area contributed by atoms with Gasteiger partial charge in [0.1, 0.15) is 17.9 Å². The number of aliphatic hydroxyl groups excluding tert-OH is 4. The fourth-order valence-corrected chi connectivity index (χ4v) is 2.39. The van der Waals surface area contributed by atoms with Crippen molar-refractivity contribution in [3.8, 4) is 0 Å². The van der Waals surface area contributed by atoms with E-state index in [0.29, 0.717) is 6.29 Å². The Labute approximate surface area is 115 Å². The number of nitrogens with two attached hydrogens (primary N) is 1. The molecule has 9 heteroatoms. The fraction of sp³-hybridized carbons (Fsp3) is 0.818. The van der Waals surface area contributed by atoms with Gasteiger partial charge >= 0.3 is 0 Å². The van der Waals surface area contributed by atoms with Crippen LogP contribution in [0.5, 0.6) is 0 Å². The van der Waals surface area contributed by atoms with Crippen molar-refractivity contribution in [2.45, 2.75) is 37.0 Å². The first-order chi connectivity index (χ1) is 9.31. The molecule has 0 spiro atoms. The normalized spacial score (nSPS) is 35.8. The van der Waals surface area contributed by atoms with E-state index in [9.17, 15) is 30.0 Å². The number of amides is 1. The quantitative estimate of drug-likeness (QED) is 0.205. The van der Waals surface area contributed by atoms with Gasteiger partial charge in [0.25, 0.3) is 0 Å². The summed E-state index contributed by atoms with van der Waals surface area (Å²) in [6, 6.07) is -0.978. The molecule has 0 aromatic rings. The minimum atomic E-state index is -1.75. The van der Waals surface area contributed by atoms with Crippen LogP contribution in [-0.4, -0.2) is 75.9 Å². The van der Waals surface area contributed by atoms with Gasteiger partial charge in [-0.2, -0.15) is 0 Å². The Morgan fingerprint density at radius 2 is 2.15 bits per heavy atom. The third kappa shape index (κ3) is 2.82. The molecule has 6 atom stereocenters. The number of aliphatic hydroxyl groups is 4. The maximum absolute atomic E-state index is 11.2. The van der Waals surface area contributed by atoms with Gasteiger partial charge in [0.05, 0.1) is 25.4 Å². The Kier molecular flexibility index (Phi) is 5.57. The van der Waals surface area contributed by atoms with Crippen LogP contribution in [0.15, 0.2) is 0 Å². The van der Waals surface area contributed by atoms with E-state index in [1.165, 1.54) is 0 Å². The summed E-state index contributed by atoms with van der Waals surface area (Å²) in [6.07, 6.45) is -4.17. The Balaban J connectivity index is 2.88. The summed E-state index contributed by atoms with van der Waals surface area (Å²) in [6.45, 7) is 0.225. The lowest BCUT2D eigenvalue weighted by molar-refractivity contribution is -0.281. The fourth-order valence-electron chi connectivity index (χ4n) is 2.39. The number of nitrogens with one attached hydrogen (secondary N) is 1. The molecule has 0 aliphatic heterocycles. The van der Waals surface area contributed by atoms with Crippen molar-refractivity contribution in [1.82, 2.24) is 5.32 Å². The highest BCUT2D eigenvalue weighted by molar-refractivity contribution is 5.74. The first kappa shape index (κ1) is 17.0. The SMILES string of the molecule is CC(=O)N[C@]1(C(O)OC[C@H](N)C=O)C(O)[C@H](O)C1CO. The van der Waals surface area contributed by atoms with Gasteiger partial charge in [-0.15, -0.1) is 0 Å². The van der Waals surface area contributed by atoms with Crippen LogP contribution in [0.25, 0.3) is 0 Å². The van der Waals surface area contributed by atoms with Crippen LogP contribution in [0.1, 0.15) is 6.92 Å². The van der Waals surface area contributed by atoms with E-state index in [4.69, 9.17) is 10.5 Å². The lowest BCUT2D eigenvalue weighted by Crippen LogP contribution is -2.82. The van der Waals surface area contributed by atoms with Gasteiger partial charge in [-0.05, 0) is 0 Å². The lowest BCUT2D eigenvalue weighted by Gasteiger charge is -2.57. The summed E-state index contributed by atoms with van der Waals surface area (Å²) < 4.78 is 4.96. The second kappa shape index (κ2) is 6.57. The first-order valence-corrected chi connectivity index (χ1v) is 6.07. The molecule has 1 amide bonds. The van der Waals surface area contributed by atoms with Gasteiger partial charge < -0.3 is 41.0 Å². The van der Waals surface area contributed by atoms with E-state index >= 15 is 0 Å². The maximum Gasteiger partial charge on any atom is 0.217 e. The number of aldehydes is 1. The van der Waals surface area contributed by atoms with Gasteiger partial charge in [-0.25, -0.2) is 0 Å². The smallest absolute Gasteiger partial charge is 0.217 e. The van der Waals surface area contributed by atoms with E-state index in [0.717, 1.165) is 6.92 Å². The van der Waals surface area contributed by atoms with E-state index < -0.39 is 48.5 Å². The molecule has 0 aromatic carbocycles. The zero-order chi connectivity index (χ0) is 15.5. The van der Waals surface area contributed by atoms with Gasteiger partial charge in [-0.1, -0.05) is 0 Å². The molecule has 7 N–H and O–H groups in total. The highest BCUT2D eigenvalue weighted by atomic mass is 16.6. The summed E-state index contributed by atoms with van der Waals surface area (Å²) in [7, 11) is 0. The van der Waals surface area contributed by atoms with Crippen molar-refractivity contribution in [1.29, 1.82) is 0 Å². The molecule has 1 rings (SSSR count). The molecule has 0 aromatic heterocycles. The lowest BCUT2D eigenvalue weighted by atomic mass is 9.61. The topological polar surface area (TPSA) is 162 Å². The largest absolute Gasteiger partial charge is 0.396 e. The molecule has 116 valence electrons. The van der Waals surface area contributed by atoms with Crippen molar-refractivity contribution < 1.29 is 34.8 Å². The molecule has 1 fully saturated rings. The van der Waals surface area contributed by atoms with Crippen molar-refractivity contribution in [3.63, 3.8) is 0 Å². The summed E-state index contributed by atoms with van der Waals surface area (Å²) >= 11 is 0. The van der Waals surface area contributed by atoms with Gasteiger partial charge in [0, 0.05) is 12.8 Å². The summed E-state index contributed by atoms with van der Waals surface area (Å²) in [5.41, 5.74) is 3.55. The molecule has 1 saturated carbocycles. The standard InChI is InChI=1S/C11H20N2O7/c1-5(16)13-11(7(3-15)8(17)9(11)18)10(19)20-4-6(12)2-14/h2,6-10,15,17-19H,3-4,12H2,1H3,(H,13,16)/t6-,7?,8-,9?,10?,11+/m1/s1. The van der Waals surface area contributed by atoms with E-state index in [1.54, 1.807) is 0 Å². The van der Waals surface area contributed by atoms with E-state index in [1.807, 2.05) is 0 Å². The molecule has 3 unspecified atom stereocenters. The Hall–Kier alpha value is -1.10. The van der Waals surface area contributed by atoms with Crippen molar-refractivity contribution in [2.75, 3.05) is 13.2 Å². The third-order valence-electron chi connectivity index (χ3n) is 3.46. The molecule has 0 heterocycles. The summed E-state index contributed by atoms with van der Waals surface area (Å²) in [5, 5.41) is 41.0. The van der Waals surface area contributed by atoms with Crippen LogP contribution < -0.4 is 11.1 Å². The van der Waals surface area contributed by atoms with Crippen molar-refractivity contribution in [2.24, 2.45) is 11.7 Å². The predicted molar refractivity (Wildman–Crippen MR) is 65.1 cm³/mol. The number of rotatable bonds is 7. The molecule has 0 saturated heterocycles. The van der Waals surface area contributed by atoms with Crippen LogP contribution in [0.2, 0.25) is 0 Å². The van der Waals surface area contributed by atoms with Crippen molar-refractivity contribution in [3.05, 3.63) is 0 Å².